The zero-order chi connectivity index (χ0) is 8.55. The average Bonchev–Trinajstić information content (AvgIpc) is 2.47. The molecule has 2 nitrogen and oxygen atoms in total. The predicted octanol–water partition coefficient (Wildman–Crippen LogP) is -1.44. The van der Waals surface area contributed by atoms with Gasteiger partial charge < -0.3 is 4.55 Å². The van der Waals surface area contributed by atoms with Crippen molar-refractivity contribution in [1.29, 1.82) is 0 Å². The van der Waals surface area contributed by atoms with Crippen LogP contribution in [0.4, 0.5) is 0 Å². The Kier molecular flexibility index (Phi) is 4.13. The van der Waals surface area contributed by atoms with Crippen LogP contribution in [-0.2, 0) is 17.5 Å². The summed E-state index contributed by atoms with van der Waals surface area (Å²) >= 11 is -1.95. The van der Waals surface area contributed by atoms with Crippen LogP contribution in [0.2, 0.25) is 0 Å². The standard InChI is InChI=1S/C9H10O2S.Na/c10-12(11)9-6-5-7-3-1-2-4-8(7)9;/h1-4,9H,5-6H2,(H,10,11);/q;+1/p-1. The molecule has 2 atom stereocenters. The molecule has 0 aromatic heterocycles. The molecule has 13 heavy (non-hydrogen) atoms. The number of benzene rings is 1. The van der Waals surface area contributed by atoms with Crippen molar-refractivity contribution in [2.45, 2.75) is 18.1 Å². The van der Waals surface area contributed by atoms with Crippen molar-refractivity contribution in [3.63, 3.8) is 0 Å². The zero-order valence-electron chi connectivity index (χ0n) is 7.53. The van der Waals surface area contributed by atoms with E-state index in [1.807, 2.05) is 24.3 Å². The second-order valence-corrected chi connectivity index (χ2v) is 4.08. The molecule has 0 fully saturated rings. The van der Waals surface area contributed by atoms with E-state index in [1.54, 1.807) is 0 Å². The van der Waals surface area contributed by atoms with Gasteiger partial charge in [0.15, 0.2) is 0 Å². The molecule has 2 unspecified atom stereocenters. The molecule has 0 aliphatic heterocycles. The van der Waals surface area contributed by atoms with Crippen molar-refractivity contribution in [2.75, 3.05) is 0 Å². The first-order valence-electron chi connectivity index (χ1n) is 3.95. The minimum absolute atomic E-state index is 0. The number of aryl methyl sites for hydroxylation is 1. The molecule has 1 aromatic rings. The molecule has 0 spiro atoms. The molecule has 0 saturated carbocycles. The van der Waals surface area contributed by atoms with Crippen LogP contribution in [0.1, 0.15) is 22.8 Å². The van der Waals surface area contributed by atoms with Crippen molar-refractivity contribution in [2.24, 2.45) is 0 Å². The Morgan fingerprint density at radius 3 is 2.77 bits per heavy atom. The summed E-state index contributed by atoms with van der Waals surface area (Å²) in [5, 5.41) is -0.263. The maximum atomic E-state index is 10.8. The van der Waals surface area contributed by atoms with Crippen LogP contribution in [0.3, 0.4) is 0 Å². The summed E-state index contributed by atoms with van der Waals surface area (Å²) in [6.07, 6.45) is 1.64. The van der Waals surface area contributed by atoms with E-state index in [4.69, 9.17) is 0 Å². The molecule has 4 heteroatoms. The molecule has 1 aromatic carbocycles. The Balaban J connectivity index is 0.000000845. The molecule has 0 amide bonds. The fraction of sp³-hybridized carbons (Fsp3) is 0.333. The SMILES string of the molecule is O=S([O-])C1CCc2ccccc21.[Na+]. The maximum Gasteiger partial charge on any atom is 1.00 e. The van der Waals surface area contributed by atoms with Crippen LogP contribution in [0.5, 0.6) is 0 Å². The molecule has 0 radical (unpaired) electrons. The first-order valence-corrected chi connectivity index (χ1v) is 5.08. The van der Waals surface area contributed by atoms with Gasteiger partial charge in [0.2, 0.25) is 0 Å². The number of rotatable bonds is 1. The molecule has 2 rings (SSSR count). The topological polar surface area (TPSA) is 40.1 Å². The predicted molar refractivity (Wildman–Crippen MR) is 46.4 cm³/mol. The molecule has 0 N–H and O–H groups in total. The van der Waals surface area contributed by atoms with Crippen LogP contribution < -0.4 is 29.6 Å². The first-order chi connectivity index (χ1) is 5.79. The van der Waals surface area contributed by atoms with Crippen LogP contribution >= 0.6 is 0 Å². The van der Waals surface area contributed by atoms with E-state index in [0.29, 0.717) is 0 Å². The quantitative estimate of drug-likeness (QED) is 0.415. The van der Waals surface area contributed by atoms with Crippen LogP contribution in [0, 0.1) is 0 Å². The summed E-state index contributed by atoms with van der Waals surface area (Å²) in [6, 6.07) is 7.75. The summed E-state index contributed by atoms with van der Waals surface area (Å²) < 4.78 is 21.5. The van der Waals surface area contributed by atoms with E-state index < -0.39 is 11.1 Å². The average molecular weight is 204 g/mol. The minimum atomic E-state index is -1.95. The van der Waals surface area contributed by atoms with Gasteiger partial charge in [-0.15, -0.1) is 0 Å². The maximum absolute atomic E-state index is 10.8. The van der Waals surface area contributed by atoms with Gasteiger partial charge in [-0.25, -0.2) is 0 Å². The molecule has 0 heterocycles. The van der Waals surface area contributed by atoms with Gasteiger partial charge in [0, 0.05) is 5.25 Å². The molecule has 64 valence electrons. The van der Waals surface area contributed by atoms with Crippen molar-refractivity contribution < 1.29 is 38.3 Å². The fourth-order valence-electron chi connectivity index (χ4n) is 1.72. The van der Waals surface area contributed by atoms with Crippen molar-refractivity contribution in [1.82, 2.24) is 0 Å². The van der Waals surface area contributed by atoms with Crippen molar-refractivity contribution in [3.8, 4) is 0 Å². The third kappa shape index (κ3) is 2.22. The summed E-state index contributed by atoms with van der Waals surface area (Å²) in [5.74, 6) is 0. The Morgan fingerprint density at radius 1 is 1.38 bits per heavy atom. The zero-order valence-corrected chi connectivity index (χ0v) is 10.3. The van der Waals surface area contributed by atoms with Gasteiger partial charge in [-0.05, 0) is 35.0 Å². The molecule has 1 aliphatic carbocycles. The van der Waals surface area contributed by atoms with Gasteiger partial charge in [0.25, 0.3) is 0 Å². The van der Waals surface area contributed by atoms with Gasteiger partial charge in [-0.3, -0.25) is 4.21 Å². The molecule has 0 bridgehead atoms. The van der Waals surface area contributed by atoms with Crippen molar-refractivity contribution in [3.05, 3.63) is 35.4 Å². The van der Waals surface area contributed by atoms with Gasteiger partial charge in [0.05, 0.1) is 0 Å². The molecular weight excluding hydrogens is 195 g/mol. The summed E-state index contributed by atoms with van der Waals surface area (Å²) in [6.45, 7) is 0. The van der Waals surface area contributed by atoms with E-state index in [0.717, 1.165) is 18.4 Å². The van der Waals surface area contributed by atoms with E-state index >= 15 is 0 Å². The second-order valence-electron chi connectivity index (χ2n) is 2.99. The Hall–Kier alpha value is 0.330. The fourth-order valence-corrected chi connectivity index (χ4v) is 2.47. The molecular formula is C9H9NaO2S. The van der Waals surface area contributed by atoms with Gasteiger partial charge in [-0.2, -0.15) is 0 Å². The minimum Gasteiger partial charge on any atom is -0.772 e. The van der Waals surface area contributed by atoms with E-state index in [9.17, 15) is 8.76 Å². The molecule has 1 aliphatic rings. The Morgan fingerprint density at radius 2 is 2.08 bits per heavy atom. The smallest absolute Gasteiger partial charge is 0.772 e. The van der Waals surface area contributed by atoms with Gasteiger partial charge >= 0.3 is 29.6 Å². The van der Waals surface area contributed by atoms with E-state index in [1.165, 1.54) is 5.56 Å². The monoisotopic (exact) mass is 204 g/mol. The Labute approximate surface area is 102 Å². The van der Waals surface area contributed by atoms with Crippen LogP contribution in [0.15, 0.2) is 24.3 Å². The first kappa shape index (κ1) is 11.4. The van der Waals surface area contributed by atoms with Crippen LogP contribution in [0.25, 0.3) is 0 Å². The normalized spacial score (nSPS) is 21.8. The van der Waals surface area contributed by atoms with E-state index in [2.05, 4.69) is 0 Å². The summed E-state index contributed by atoms with van der Waals surface area (Å²) in [4.78, 5) is 0. The van der Waals surface area contributed by atoms with Crippen LogP contribution in [-0.4, -0.2) is 8.76 Å². The third-order valence-electron chi connectivity index (χ3n) is 2.31. The number of hydrogen-bond donors (Lipinski definition) is 0. The molecule has 0 saturated heterocycles. The van der Waals surface area contributed by atoms with Gasteiger partial charge in [0.1, 0.15) is 0 Å². The number of fused-ring (bicyclic) bond motifs is 1. The van der Waals surface area contributed by atoms with E-state index in [-0.39, 0.29) is 34.8 Å². The third-order valence-corrected chi connectivity index (χ3v) is 3.26. The number of hydrogen-bond acceptors (Lipinski definition) is 2. The summed E-state index contributed by atoms with van der Waals surface area (Å²) in [7, 11) is 0. The Bertz CT molecular complexity index is 327. The van der Waals surface area contributed by atoms with Crippen molar-refractivity contribution >= 4 is 11.1 Å². The largest absolute Gasteiger partial charge is 1.00 e. The van der Waals surface area contributed by atoms with Gasteiger partial charge in [-0.1, -0.05) is 24.3 Å². The summed E-state index contributed by atoms with van der Waals surface area (Å²) in [5.41, 5.74) is 2.18. The second kappa shape index (κ2) is 4.71.